The van der Waals surface area contributed by atoms with E-state index in [1.165, 1.54) is 0 Å². The maximum atomic E-state index is 9.09. The van der Waals surface area contributed by atoms with Gasteiger partial charge in [-0.05, 0) is 37.1 Å². The van der Waals surface area contributed by atoms with E-state index < -0.39 is 0 Å². The summed E-state index contributed by atoms with van der Waals surface area (Å²) in [5, 5.41) is 13.2. The minimum Gasteiger partial charge on any atom is -0.493 e. The van der Waals surface area contributed by atoms with E-state index in [-0.39, 0.29) is 11.6 Å². The third-order valence-electron chi connectivity index (χ3n) is 3.42. The van der Waals surface area contributed by atoms with Crippen LogP contribution in [0.15, 0.2) is 34.3 Å². The highest BCUT2D eigenvalue weighted by molar-refractivity contribution is 5.81. The van der Waals surface area contributed by atoms with Crippen molar-refractivity contribution in [3.8, 4) is 17.6 Å². The van der Waals surface area contributed by atoms with Crippen LogP contribution in [0.3, 0.4) is 0 Å². The summed E-state index contributed by atoms with van der Waals surface area (Å²) in [7, 11) is 1.59. The first-order chi connectivity index (χ1) is 12.6. The Balaban J connectivity index is 2.08. The van der Waals surface area contributed by atoms with Gasteiger partial charge in [-0.3, -0.25) is 0 Å². The average Bonchev–Trinajstić information content (AvgIpc) is 3.06. The first-order valence-corrected chi connectivity index (χ1v) is 8.25. The number of rotatable bonds is 9. The third-order valence-corrected chi connectivity index (χ3v) is 3.42. The second-order valence-electron chi connectivity index (χ2n) is 5.57. The highest BCUT2D eigenvalue weighted by atomic mass is 16.5. The van der Waals surface area contributed by atoms with Crippen molar-refractivity contribution in [1.82, 2.24) is 4.98 Å². The molecule has 0 aliphatic rings. The van der Waals surface area contributed by atoms with E-state index in [1.54, 1.807) is 20.2 Å². The fourth-order valence-electron chi connectivity index (χ4n) is 2.03. The summed E-state index contributed by atoms with van der Waals surface area (Å²) >= 11 is 0. The van der Waals surface area contributed by atoms with Crippen molar-refractivity contribution in [3.05, 3.63) is 41.9 Å². The van der Waals surface area contributed by atoms with Gasteiger partial charge >= 0.3 is 0 Å². The van der Waals surface area contributed by atoms with E-state index in [0.29, 0.717) is 29.6 Å². The fraction of sp³-hybridized carbons (Fsp3) is 0.316. The predicted molar refractivity (Wildman–Crippen MR) is 101 cm³/mol. The van der Waals surface area contributed by atoms with Gasteiger partial charge in [0.05, 0.1) is 19.9 Å². The summed E-state index contributed by atoms with van der Waals surface area (Å²) in [6.07, 6.45) is 3.64. The molecule has 0 amide bonds. The number of oxazole rings is 1. The monoisotopic (exact) mass is 354 g/mol. The van der Waals surface area contributed by atoms with Crippen LogP contribution in [0.25, 0.3) is 5.57 Å². The molecule has 2 rings (SSSR count). The molecule has 0 unspecified atom stereocenters. The zero-order valence-electron chi connectivity index (χ0n) is 15.2. The van der Waals surface area contributed by atoms with Gasteiger partial charge in [0, 0.05) is 5.57 Å². The zero-order chi connectivity index (χ0) is 18.9. The molecule has 0 atom stereocenters. The number of unbranched alkanes of at least 4 members (excludes halogenated alkanes) is 1. The highest BCUT2D eigenvalue weighted by Crippen LogP contribution is 2.28. The Bertz CT molecular complexity index is 834. The topological polar surface area (TPSA) is 92.7 Å². The van der Waals surface area contributed by atoms with Crippen LogP contribution in [-0.2, 0) is 0 Å². The lowest BCUT2D eigenvalue weighted by Crippen LogP contribution is -1.99. The van der Waals surface area contributed by atoms with E-state index in [9.17, 15) is 0 Å². The summed E-state index contributed by atoms with van der Waals surface area (Å²) in [6.45, 7) is 8.24. The first kappa shape index (κ1) is 19.1. The number of benzene rings is 1. The van der Waals surface area contributed by atoms with Crippen LogP contribution in [0, 0.1) is 11.3 Å². The van der Waals surface area contributed by atoms with Gasteiger partial charge in [-0.15, -0.1) is 0 Å². The SMILES string of the molecule is C=C(C)c1nc(C#N)c(NN=Cc2ccc(OCCCC)c(OC)c2)o1. The molecular formula is C19H22N4O3. The van der Waals surface area contributed by atoms with Gasteiger partial charge in [-0.2, -0.15) is 15.3 Å². The molecule has 0 fully saturated rings. The Kier molecular flexibility index (Phi) is 6.80. The molecule has 7 heteroatoms. The number of ether oxygens (including phenoxy) is 2. The van der Waals surface area contributed by atoms with E-state index in [0.717, 1.165) is 18.4 Å². The van der Waals surface area contributed by atoms with Crippen LogP contribution in [-0.4, -0.2) is 24.9 Å². The van der Waals surface area contributed by atoms with E-state index in [1.807, 2.05) is 24.3 Å². The summed E-state index contributed by atoms with van der Waals surface area (Å²) < 4.78 is 16.5. The molecule has 0 saturated heterocycles. The van der Waals surface area contributed by atoms with Crippen molar-refractivity contribution in [2.24, 2.45) is 5.10 Å². The third kappa shape index (κ3) is 4.86. The molecule has 136 valence electrons. The van der Waals surface area contributed by atoms with E-state index in [2.05, 4.69) is 29.0 Å². The van der Waals surface area contributed by atoms with Crippen LogP contribution in [0.4, 0.5) is 5.88 Å². The van der Waals surface area contributed by atoms with Crippen LogP contribution in [0.5, 0.6) is 11.5 Å². The van der Waals surface area contributed by atoms with Gasteiger partial charge in [0.1, 0.15) is 6.07 Å². The number of allylic oxidation sites excluding steroid dienone is 1. The number of nitrogens with one attached hydrogen (secondary N) is 1. The largest absolute Gasteiger partial charge is 0.493 e. The number of aromatic nitrogens is 1. The van der Waals surface area contributed by atoms with Gasteiger partial charge in [-0.25, -0.2) is 5.43 Å². The second-order valence-corrected chi connectivity index (χ2v) is 5.57. The molecule has 2 aromatic rings. The molecule has 7 nitrogen and oxygen atoms in total. The second kappa shape index (κ2) is 9.28. The summed E-state index contributed by atoms with van der Waals surface area (Å²) in [5.74, 6) is 1.80. The normalized spacial score (nSPS) is 10.5. The van der Waals surface area contributed by atoms with E-state index in [4.69, 9.17) is 19.2 Å². The molecule has 1 N–H and O–H groups in total. The Morgan fingerprint density at radius 1 is 1.46 bits per heavy atom. The Labute approximate surface area is 152 Å². The fourth-order valence-corrected chi connectivity index (χ4v) is 2.03. The molecule has 1 aromatic carbocycles. The van der Waals surface area contributed by atoms with Crippen LogP contribution in [0.1, 0.15) is 43.8 Å². The molecule has 0 spiro atoms. The summed E-state index contributed by atoms with van der Waals surface area (Å²) in [6, 6.07) is 7.47. The van der Waals surface area contributed by atoms with Gasteiger partial charge in [0.15, 0.2) is 11.5 Å². The van der Waals surface area contributed by atoms with Crippen molar-refractivity contribution in [2.75, 3.05) is 19.1 Å². The van der Waals surface area contributed by atoms with Crippen molar-refractivity contribution in [3.63, 3.8) is 0 Å². The number of hydrogen-bond donors (Lipinski definition) is 1. The van der Waals surface area contributed by atoms with Gasteiger partial charge in [-0.1, -0.05) is 19.9 Å². The van der Waals surface area contributed by atoms with Crippen LogP contribution >= 0.6 is 0 Å². The maximum absolute atomic E-state index is 9.09. The number of nitrogens with zero attached hydrogens (tertiary/aromatic N) is 3. The highest BCUT2D eigenvalue weighted by Gasteiger charge is 2.12. The number of methoxy groups -OCH3 is 1. The molecule has 0 aliphatic carbocycles. The Morgan fingerprint density at radius 2 is 2.27 bits per heavy atom. The lowest BCUT2D eigenvalue weighted by molar-refractivity contribution is 0.288. The molecule has 1 heterocycles. The van der Waals surface area contributed by atoms with E-state index >= 15 is 0 Å². The van der Waals surface area contributed by atoms with Gasteiger partial charge in [0.2, 0.25) is 11.6 Å². The Morgan fingerprint density at radius 3 is 2.92 bits per heavy atom. The summed E-state index contributed by atoms with van der Waals surface area (Å²) in [5.41, 5.74) is 4.24. The van der Waals surface area contributed by atoms with Gasteiger partial charge < -0.3 is 13.9 Å². The average molecular weight is 354 g/mol. The number of nitriles is 1. The van der Waals surface area contributed by atoms with Crippen molar-refractivity contribution >= 4 is 17.7 Å². The minimum atomic E-state index is 0.123. The van der Waals surface area contributed by atoms with Crippen molar-refractivity contribution < 1.29 is 13.9 Å². The van der Waals surface area contributed by atoms with Gasteiger partial charge in [0.25, 0.3) is 5.88 Å². The van der Waals surface area contributed by atoms with Crippen molar-refractivity contribution in [1.29, 1.82) is 5.26 Å². The zero-order valence-corrected chi connectivity index (χ0v) is 15.2. The number of hydrazone groups is 1. The first-order valence-electron chi connectivity index (χ1n) is 8.25. The molecular weight excluding hydrogens is 332 g/mol. The molecule has 0 saturated carbocycles. The van der Waals surface area contributed by atoms with Crippen LogP contribution < -0.4 is 14.9 Å². The molecule has 0 radical (unpaired) electrons. The lowest BCUT2D eigenvalue weighted by Gasteiger charge is -2.10. The smallest absolute Gasteiger partial charge is 0.252 e. The summed E-state index contributed by atoms with van der Waals surface area (Å²) in [4.78, 5) is 4.03. The van der Waals surface area contributed by atoms with Crippen molar-refractivity contribution in [2.45, 2.75) is 26.7 Å². The quantitative estimate of drug-likeness (QED) is 0.412. The molecule has 0 aliphatic heterocycles. The lowest BCUT2D eigenvalue weighted by atomic mass is 10.2. The minimum absolute atomic E-state index is 0.123. The maximum Gasteiger partial charge on any atom is 0.252 e. The number of anilines is 1. The number of hydrogen-bond acceptors (Lipinski definition) is 7. The molecule has 26 heavy (non-hydrogen) atoms. The molecule has 0 bridgehead atoms. The Hall–Kier alpha value is -3.27. The molecule has 1 aromatic heterocycles. The predicted octanol–water partition coefficient (Wildman–Crippen LogP) is 4.21. The van der Waals surface area contributed by atoms with Crippen LogP contribution in [0.2, 0.25) is 0 Å². The standard InChI is InChI=1S/C19H22N4O3/c1-5-6-9-25-16-8-7-14(10-17(16)24-4)12-21-23-19-15(11-20)22-18(26-19)13(2)3/h7-8,10,12,23H,2,5-6,9H2,1,3-4H3.